The zero-order valence-corrected chi connectivity index (χ0v) is 25.2. The Hall–Kier alpha value is -4.34. The molecule has 0 aliphatic carbocycles. The molecule has 1 N–H and O–H groups in total. The average Bonchev–Trinajstić information content (AvgIpc) is 2.97. The zero-order chi connectivity index (χ0) is 30.1. The summed E-state index contributed by atoms with van der Waals surface area (Å²) in [4.78, 5) is 13.0. The zero-order valence-electron chi connectivity index (χ0n) is 23.6. The number of benzene rings is 4. The van der Waals surface area contributed by atoms with Crippen molar-refractivity contribution in [3.63, 3.8) is 0 Å². The fourth-order valence-electron chi connectivity index (χ4n) is 4.04. The molecule has 8 nitrogen and oxygen atoms in total. The standard InChI is InChI=1S/C32H32ClN3O5S/c1-4-40-31-19-25(14-16-30(31)41-22-26-9-8-10-27(33)18-26)20-34-35-32(37)21-36(28-15-13-23(2)24(3)17-28)42(38,39)29-11-6-5-7-12-29/h5-20H,4,21-22H2,1-3H3,(H,35,37)/b34-20-. The van der Waals surface area contributed by atoms with Crippen LogP contribution in [0.3, 0.4) is 0 Å². The first-order valence-electron chi connectivity index (χ1n) is 13.3. The highest BCUT2D eigenvalue weighted by molar-refractivity contribution is 7.92. The summed E-state index contributed by atoms with van der Waals surface area (Å²) in [5.41, 5.74) is 6.31. The molecule has 42 heavy (non-hydrogen) atoms. The summed E-state index contributed by atoms with van der Waals surface area (Å²) < 4.78 is 39.8. The number of rotatable bonds is 12. The Morgan fingerprint density at radius 1 is 0.905 bits per heavy atom. The van der Waals surface area contributed by atoms with Crippen molar-refractivity contribution < 1.29 is 22.7 Å². The third-order valence-electron chi connectivity index (χ3n) is 6.35. The normalized spacial score (nSPS) is 11.3. The third-order valence-corrected chi connectivity index (χ3v) is 8.37. The lowest BCUT2D eigenvalue weighted by molar-refractivity contribution is -0.119. The van der Waals surface area contributed by atoms with Crippen LogP contribution in [0.15, 0.2) is 101 Å². The number of hydrogen-bond donors (Lipinski definition) is 1. The van der Waals surface area contributed by atoms with E-state index < -0.39 is 22.5 Å². The highest BCUT2D eigenvalue weighted by Gasteiger charge is 2.27. The van der Waals surface area contributed by atoms with Crippen molar-refractivity contribution in [3.05, 3.63) is 118 Å². The summed E-state index contributed by atoms with van der Waals surface area (Å²) in [6, 6.07) is 25.9. The molecule has 0 spiro atoms. The number of nitrogens with zero attached hydrogens (tertiary/aromatic N) is 2. The molecule has 0 bridgehead atoms. The maximum absolute atomic E-state index is 13.5. The summed E-state index contributed by atoms with van der Waals surface area (Å²) in [7, 11) is -4.02. The van der Waals surface area contributed by atoms with Crippen molar-refractivity contribution in [2.45, 2.75) is 32.3 Å². The van der Waals surface area contributed by atoms with Crippen LogP contribution in [0, 0.1) is 13.8 Å². The van der Waals surface area contributed by atoms with Crippen molar-refractivity contribution in [1.82, 2.24) is 5.43 Å². The second-order valence-electron chi connectivity index (χ2n) is 9.44. The summed E-state index contributed by atoms with van der Waals surface area (Å²) >= 11 is 6.06. The van der Waals surface area contributed by atoms with Crippen LogP contribution in [-0.4, -0.2) is 33.7 Å². The van der Waals surface area contributed by atoms with Gasteiger partial charge in [0.2, 0.25) is 0 Å². The molecule has 4 aromatic rings. The molecule has 0 aliphatic rings. The SMILES string of the molecule is CCOc1cc(/C=N\NC(=O)CN(c2ccc(C)c(C)c2)S(=O)(=O)c2ccccc2)ccc1OCc1cccc(Cl)c1. The van der Waals surface area contributed by atoms with Gasteiger partial charge in [-0.25, -0.2) is 13.8 Å². The first kappa shape index (κ1) is 30.6. The van der Waals surface area contributed by atoms with Gasteiger partial charge in [-0.15, -0.1) is 0 Å². The van der Waals surface area contributed by atoms with Crippen molar-refractivity contribution in [1.29, 1.82) is 0 Å². The van der Waals surface area contributed by atoms with Crippen LogP contribution in [0.25, 0.3) is 0 Å². The van der Waals surface area contributed by atoms with Gasteiger partial charge in [0.25, 0.3) is 15.9 Å². The molecular weight excluding hydrogens is 574 g/mol. The van der Waals surface area contributed by atoms with Crippen LogP contribution >= 0.6 is 11.6 Å². The van der Waals surface area contributed by atoms with E-state index in [-0.39, 0.29) is 4.90 Å². The lowest BCUT2D eigenvalue weighted by Crippen LogP contribution is -2.39. The Labute approximate surface area is 251 Å². The molecule has 10 heteroatoms. The van der Waals surface area contributed by atoms with Crippen LogP contribution in [0.5, 0.6) is 11.5 Å². The predicted molar refractivity (Wildman–Crippen MR) is 166 cm³/mol. The lowest BCUT2D eigenvalue weighted by Gasteiger charge is -2.24. The number of hydrogen-bond acceptors (Lipinski definition) is 6. The highest BCUT2D eigenvalue weighted by Crippen LogP contribution is 2.29. The van der Waals surface area contributed by atoms with Gasteiger partial charge in [-0.2, -0.15) is 5.10 Å². The number of anilines is 1. The maximum atomic E-state index is 13.5. The molecule has 0 fully saturated rings. The van der Waals surface area contributed by atoms with E-state index in [1.54, 1.807) is 54.6 Å². The van der Waals surface area contributed by atoms with Gasteiger partial charge >= 0.3 is 0 Å². The minimum absolute atomic E-state index is 0.0839. The molecule has 0 atom stereocenters. The van der Waals surface area contributed by atoms with Gasteiger partial charge in [0.15, 0.2) is 11.5 Å². The molecule has 4 aromatic carbocycles. The summed E-state index contributed by atoms with van der Waals surface area (Å²) in [5.74, 6) is 0.466. The number of carbonyl (C=O) groups is 1. The van der Waals surface area contributed by atoms with Crippen LogP contribution < -0.4 is 19.2 Å². The fourth-order valence-corrected chi connectivity index (χ4v) is 5.69. The minimum Gasteiger partial charge on any atom is -0.490 e. The smallest absolute Gasteiger partial charge is 0.264 e. The average molecular weight is 606 g/mol. The number of aryl methyl sites for hydroxylation is 2. The number of nitrogens with one attached hydrogen (secondary N) is 1. The van der Waals surface area contributed by atoms with E-state index >= 15 is 0 Å². The lowest BCUT2D eigenvalue weighted by atomic mass is 10.1. The first-order chi connectivity index (χ1) is 20.2. The van der Waals surface area contributed by atoms with Crippen molar-refractivity contribution in [2.75, 3.05) is 17.5 Å². The largest absolute Gasteiger partial charge is 0.490 e. The number of halogens is 1. The van der Waals surface area contributed by atoms with E-state index in [2.05, 4.69) is 10.5 Å². The number of sulfonamides is 1. The monoisotopic (exact) mass is 605 g/mol. The Balaban J connectivity index is 1.48. The van der Waals surface area contributed by atoms with Crippen LogP contribution in [0.4, 0.5) is 5.69 Å². The Morgan fingerprint density at radius 3 is 2.40 bits per heavy atom. The van der Waals surface area contributed by atoms with E-state index in [0.29, 0.717) is 41.0 Å². The van der Waals surface area contributed by atoms with Gasteiger partial charge in [-0.1, -0.05) is 48.0 Å². The number of carbonyl (C=O) groups excluding carboxylic acids is 1. The van der Waals surface area contributed by atoms with E-state index in [1.807, 2.05) is 45.0 Å². The molecule has 0 radical (unpaired) electrons. The van der Waals surface area contributed by atoms with E-state index in [4.69, 9.17) is 21.1 Å². The Kier molecular flexibility index (Phi) is 10.2. The fraction of sp³-hybridized carbons (Fsp3) is 0.188. The third kappa shape index (κ3) is 7.90. The van der Waals surface area contributed by atoms with Crippen LogP contribution in [0.2, 0.25) is 5.02 Å². The minimum atomic E-state index is -4.02. The van der Waals surface area contributed by atoms with Crippen LogP contribution in [-0.2, 0) is 21.4 Å². The molecule has 0 aromatic heterocycles. The van der Waals surface area contributed by atoms with Crippen molar-refractivity contribution in [2.24, 2.45) is 5.10 Å². The second kappa shape index (κ2) is 14.0. The van der Waals surface area contributed by atoms with Crippen molar-refractivity contribution >= 4 is 39.4 Å². The molecule has 218 valence electrons. The molecule has 1 amide bonds. The van der Waals surface area contributed by atoms with E-state index in [0.717, 1.165) is 21.0 Å². The maximum Gasteiger partial charge on any atom is 0.264 e. The predicted octanol–water partition coefficient (Wildman–Crippen LogP) is 6.28. The first-order valence-corrected chi connectivity index (χ1v) is 15.1. The quantitative estimate of drug-likeness (QED) is 0.151. The van der Waals surface area contributed by atoms with Gasteiger partial charge in [-0.3, -0.25) is 9.10 Å². The number of amides is 1. The molecule has 0 unspecified atom stereocenters. The number of hydrazone groups is 1. The van der Waals surface area contributed by atoms with Crippen molar-refractivity contribution in [3.8, 4) is 11.5 Å². The van der Waals surface area contributed by atoms with Gasteiger partial charge < -0.3 is 9.47 Å². The second-order valence-corrected chi connectivity index (χ2v) is 11.7. The van der Waals surface area contributed by atoms with Gasteiger partial charge in [0.05, 0.1) is 23.4 Å². The van der Waals surface area contributed by atoms with E-state index in [1.165, 1.54) is 18.3 Å². The molecule has 0 saturated carbocycles. The highest BCUT2D eigenvalue weighted by atomic mass is 35.5. The number of ether oxygens (including phenoxy) is 2. The van der Waals surface area contributed by atoms with Gasteiger partial charge in [0.1, 0.15) is 13.2 Å². The van der Waals surface area contributed by atoms with E-state index in [9.17, 15) is 13.2 Å². The van der Waals surface area contributed by atoms with Gasteiger partial charge in [-0.05, 0) is 97.6 Å². The molecule has 0 heterocycles. The topological polar surface area (TPSA) is 97.3 Å². The molecule has 0 saturated heterocycles. The Morgan fingerprint density at radius 2 is 1.69 bits per heavy atom. The van der Waals surface area contributed by atoms with Gasteiger partial charge in [0, 0.05) is 5.02 Å². The molecule has 4 rings (SSSR count). The molecule has 0 aliphatic heterocycles. The summed E-state index contributed by atoms with van der Waals surface area (Å²) in [6.45, 7) is 5.97. The molecular formula is C32H32ClN3O5S. The van der Waals surface area contributed by atoms with Crippen LogP contribution in [0.1, 0.15) is 29.2 Å². The summed E-state index contributed by atoms with van der Waals surface area (Å²) in [5, 5.41) is 4.68. The summed E-state index contributed by atoms with van der Waals surface area (Å²) in [6.07, 6.45) is 1.45. The Bertz CT molecular complexity index is 1680.